The van der Waals surface area contributed by atoms with Crippen LogP contribution in [0.1, 0.15) is 16.8 Å². The summed E-state index contributed by atoms with van der Waals surface area (Å²) in [6.45, 7) is 1.79. The first-order chi connectivity index (χ1) is 10.3. The van der Waals surface area contributed by atoms with Crippen molar-refractivity contribution < 1.29 is 13.2 Å². The van der Waals surface area contributed by atoms with Crippen LogP contribution in [0.3, 0.4) is 0 Å². The van der Waals surface area contributed by atoms with Crippen LogP contribution >= 0.6 is 0 Å². The second-order valence-electron chi connectivity index (χ2n) is 5.32. The summed E-state index contributed by atoms with van der Waals surface area (Å²) in [5.41, 5.74) is 0.459. The number of nitrogens with one attached hydrogen (secondary N) is 1. The Morgan fingerprint density at radius 1 is 1.27 bits per heavy atom. The van der Waals surface area contributed by atoms with E-state index in [2.05, 4.69) is 10.3 Å². The number of sulfonamides is 1. The minimum Gasteiger partial charge on any atom is -0.351 e. The zero-order chi connectivity index (χ0) is 16.6. The Hall–Kier alpha value is -1.51. The van der Waals surface area contributed by atoms with Crippen LogP contribution in [-0.4, -0.2) is 75.0 Å². The van der Waals surface area contributed by atoms with E-state index in [1.807, 2.05) is 19.0 Å². The lowest BCUT2D eigenvalue weighted by Gasteiger charge is -2.21. The molecule has 0 atom stereocenters. The highest BCUT2D eigenvalue weighted by molar-refractivity contribution is 7.88. The maximum Gasteiger partial charge on any atom is 0.252 e. The second-order valence-corrected chi connectivity index (χ2v) is 7.30. The number of hydrogen-bond donors (Lipinski definition) is 1. The molecule has 0 unspecified atom stereocenters. The summed E-state index contributed by atoms with van der Waals surface area (Å²) >= 11 is 0. The van der Waals surface area contributed by atoms with Gasteiger partial charge in [0.2, 0.25) is 10.0 Å². The number of rotatable bonds is 9. The second kappa shape index (κ2) is 8.82. The first-order valence-corrected chi connectivity index (χ1v) is 8.93. The molecule has 0 bridgehead atoms. The number of hydrogen-bond acceptors (Lipinski definition) is 5. The first-order valence-electron chi connectivity index (χ1n) is 7.09. The zero-order valence-corrected chi connectivity index (χ0v) is 14.1. The van der Waals surface area contributed by atoms with Crippen molar-refractivity contribution in [3.63, 3.8) is 0 Å². The summed E-state index contributed by atoms with van der Waals surface area (Å²) < 4.78 is 24.9. The van der Waals surface area contributed by atoms with Crippen LogP contribution in [0.4, 0.5) is 0 Å². The van der Waals surface area contributed by atoms with Crippen LogP contribution in [0, 0.1) is 0 Å². The first kappa shape index (κ1) is 18.5. The predicted octanol–water partition coefficient (Wildman–Crippen LogP) is 0.0247. The molecule has 1 N–H and O–H groups in total. The van der Waals surface area contributed by atoms with Crippen LogP contribution < -0.4 is 5.32 Å². The van der Waals surface area contributed by atoms with Gasteiger partial charge in [-0.15, -0.1) is 0 Å². The third-order valence-electron chi connectivity index (χ3n) is 3.05. The summed E-state index contributed by atoms with van der Waals surface area (Å²) in [7, 11) is 0.612. The lowest BCUT2D eigenvalue weighted by atomic mass is 10.3. The van der Waals surface area contributed by atoms with E-state index in [9.17, 15) is 13.2 Å². The van der Waals surface area contributed by atoms with Gasteiger partial charge in [-0.05, 0) is 39.2 Å². The van der Waals surface area contributed by atoms with E-state index in [0.29, 0.717) is 12.1 Å². The van der Waals surface area contributed by atoms with Crippen molar-refractivity contribution in [1.82, 2.24) is 19.5 Å². The SMILES string of the molecule is CN(C)CCCN(CCNC(=O)c1cccnc1)S(C)(=O)=O. The number of nitrogens with zero attached hydrogens (tertiary/aromatic N) is 3. The number of pyridine rings is 1. The lowest BCUT2D eigenvalue weighted by Crippen LogP contribution is -2.39. The molecule has 0 radical (unpaired) electrons. The number of carbonyl (C=O) groups excluding carboxylic acids is 1. The smallest absolute Gasteiger partial charge is 0.252 e. The highest BCUT2D eigenvalue weighted by Crippen LogP contribution is 2.00. The molecule has 22 heavy (non-hydrogen) atoms. The van der Waals surface area contributed by atoms with Crippen LogP contribution in [0.15, 0.2) is 24.5 Å². The highest BCUT2D eigenvalue weighted by Gasteiger charge is 2.16. The molecule has 0 fully saturated rings. The Kier molecular flexibility index (Phi) is 7.43. The zero-order valence-electron chi connectivity index (χ0n) is 13.3. The molecule has 7 nitrogen and oxygen atoms in total. The minimum atomic E-state index is -3.27. The van der Waals surface area contributed by atoms with E-state index in [1.54, 1.807) is 18.3 Å². The van der Waals surface area contributed by atoms with Gasteiger partial charge in [-0.3, -0.25) is 9.78 Å². The van der Waals surface area contributed by atoms with Crippen molar-refractivity contribution in [2.75, 3.05) is 46.5 Å². The molecule has 1 heterocycles. The average Bonchev–Trinajstić information content (AvgIpc) is 2.45. The van der Waals surface area contributed by atoms with Gasteiger partial charge in [0.25, 0.3) is 5.91 Å². The number of carbonyl (C=O) groups is 1. The van der Waals surface area contributed by atoms with Gasteiger partial charge in [0.05, 0.1) is 11.8 Å². The van der Waals surface area contributed by atoms with Crippen LogP contribution in [0.2, 0.25) is 0 Å². The van der Waals surface area contributed by atoms with Crippen LogP contribution in [0.5, 0.6) is 0 Å². The molecule has 0 aliphatic heterocycles. The fraction of sp³-hybridized carbons (Fsp3) is 0.571. The Morgan fingerprint density at radius 3 is 2.55 bits per heavy atom. The topological polar surface area (TPSA) is 82.6 Å². The fourth-order valence-corrected chi connectivity index (χ4v) is 2.78. The van der Waals surface area contributed by atoms with Gasteiger partial charge in [0.15, 0.2) is 0 Å². The van der Waals surface area contributed by atoms with E-state index in [-0.39, 0.29) is 19.0 Å². The van der Waals surface area contributed by atoms with Gasteiger partial charge in [-0.25, -0.2) is 12.7 Å². The molecule has 0 saturated carbocycles. The van der Waals surface area contributed by atoms with Crippen molar-refractivity contribution in [2.45, 2.75) is 6.42 Å². The third kappa shape index (κ3) is 6.97. The van der Waals surface area contributed by atoms with E-state index < -0.39 is 10.0 Å². The Bertz CT molecular complexity index is 561. The fourth-order valence-electron chi connectivity index (χ4n) is 1.90. The molecule has 0 saturated heterocycles. The van der Waals surface area contributed by atoms with E-state index in [4.69, 9.17) is 0 Å². The maximum absolute atomic E-state index is 11.9. The molecule has 0 aromatic carbocycles. The summed E-state index contributed by atoms with van der Waals surface area (Å²) in [5.74, 6) is -0.255. The number of aromatic nitrogens is 1. The molecule has 1 aromatic rings. The van der Waals surface area contributed by atoms with Crippen molar-refractivity contribution >= 4 is 15.9 Å². The van der Waals surface area contributed by atoms with Crippen molar-refractivity contribution in [3.8, 4) is 0 Å². The summed E-state index contributed by atoms with van der Waals surface area (Å²) in [6, 6.07) is 3.34. The third-order valence-corrected chi connectivity index (χ3v) is 4.36. The summed E-state index contributed by atoms with van der Waals surface area (Å²) in [4.78, 5) is 17.7. The molecule has 8 heteroatoms. The van der Waals surface area contributed by atoms with Crippen LogP contribution in [0.25, 0.3) is 0 Å². The van der Waals surface area contributed by atoms with Gasteiger partial charge in [-0.2, -0.15) is 0 Å². The molecule has 1 aromatic heterocycles. The average molecular weight is 328 g/mol. The van der Waals surface area contributed by atoms with Crippen molar-refractivity contribution in [2.24, 2.45) is 0 Å². The maximum atomic E-state index is 11.9. The minimum absolute atomic E-state index is 0.255. The van der Waals surface area contributed by atoms with Crippen LogP contribution in [-0.2, 0) is 10.0 Å². The van der Waals surface area contributed by atoms with Gasteiger partial charge in [0.1, 0.15) is 0 Å². The summed E-state index contributed by atoms with van der Waals surface area (Å²) in [6.07, 6.45) is 5.00. The van der Waals surface area contributed by atoms with Crippen molar-refractivity contribution in [3.05, 3.63) is 30.1 Å². The summed E-state index contributed by atoms with van der Waals surface area (Å²) in [5, 5.41) is 2.71. The van der Waals surface area contributed by atoms with Crippen molar-refractivity contribution in [1.29, 1.82) is 0 Å². The van der Waals surface area contributed by atoms with Gasteiger partial charge in [-0.1, -0.05) is 0 Å². The molecule has 0 aliphatic carbocycles. The predicted molar refractivity (Wildman–Crippen MR) is 86.2 cm³/mol. The van der Waals surface area contributed by atoms with E-state index in [0.717, 1.165) is 13.0 Å². The van der Waals surface area contributed by atoms with E-state index in [1.165, 1.54) is 16.8 Å². The van der Waals surface area contributed by atoms with Gasteiger partial charge >= 0.3 is 0 Å². The lowest BCUT2D eigenvalue weighted by molar-refractivity contribution is 0.0951. The molecule has 1 amide bonds. The molecular formula is C14H24N4O3S. The molecule has 0 spiro atoms. The highest BCUT2D eigenvalue weighted by atomic mass is 32.2. The largest absolute Gasteiger partial charge is 0.351 e. The van der Waals surface area contributed by atoms with Gasteiger partial charge in [0, 0.05) is 32.0 Å². The Balaban J connectivity index is 2.45. The molecule has 0 aliphatic rings. The van der Waals surface area contributed by atoms with Gasteiger partial charge < -0.3 is 10.2 Å². The standard InChI is InChI=1S/C14H24N4O3S/c1-17(2)9-5-10-18(22(3,20)21)11-8-16-14(19)13-6-4-7-15-12-13/h4,6-7,12H,5,8-11H2,1-3H3,(H,16,19). The Labute approximate surface area is 132 Å². The number of amides is 1. The molecule has 1 rings (SSSR count). The molecule has 124 valence electrons. The quantitative estimate of drug-likeness (QED) is 0.691. The monoisotopic (exact) mass is 328 g/mol. The van der Waals surface area contributed by atoms with E-state index >= 15 is 0 Å². The Morgan fingerprint density at radius 2 is 2.00 bits per heavy atom. The molecular weight excluding hydrogens is 304 g/mol. The normalized spacial score (nSPS) is 11.9.